The predicted octanol–water partition coefficient (Wildman–Crippen LogP) is 4.41. The number of unbranched alkanes of at least 4 members (excludes halogenated alkanes) is 2. The average molecular weight is 362 g/mol. The van der Waals surface area contributed by atoms with Crippen LogP contribution in [-0.2, 0) is 10.0 Å². The molecule has 0 unspecified atom stereocenters. The van der Waals surface area contributed by atoms with Crippen LogP contribution in [0.3, 0.4) is 0 Å². The molecule has 0 amide bonds. The second kappa shape index (κ2) is 8.34. The number of rotatable bonds is 8. The van der Waals surface area contributed by atoms with Gasteiger partial charge in [-0.2, -0.15) is 0 Å². The third kappa shape index (κ3) is 5.19. The van der Waals surface area contributed by atoms with Crippen molar-refractivity contribution >= 4 is 21.5 Å². The van der Waals surface area contributed by atoms with Gasteiger partial charge in [-0.1, -0.05) is 37.5 Å². The van der Waals surface area contributed by atoms with Crippen LogP contribution in [0.15, 0.2) is 35.4 Å². The summed E-state index contributed by atoms with van der Waals surface area (Å²) in [5, 5.41) is 3.24. The van der Waals surface area contributed by atoms with Crippen LogP contribution in [-0.4, -0.2) is 19.9 Å². The summed E-state index contributed by atoms with van der Waals surface area (Å²) in [6.07, 6.45) is 4.99. The van der Waals surface area contributed by atoms with Crippen LogP contribution in [0.5, 0.6) is 0 Å². The van der Waals surface area contributed by atoms with Gasteiger partial charge < -0.3 is 5.32 Å². The minimum absolute atomic E-state index is 0.333. The van der Waals surface area contributed by atoms with Crippen LogP contribution in [0.4, 0.5) is 11.5 Å². The smallest absolute Gasteiger partial charge is 0.262 e. The van der Waals surface area contributed by atoms with Gasteiger partial charge in [0.1, 0.15) is 5.82 Å². The van der Waals surface area contributed by atoms with E-state index in [4.69, 9.17) is 0 Å². The zero-order chi connectivity index (χ0) is 18.4. The van der Waals surface area contributed by atoms with Crippen LogP contribution in [0.25, 0.3) is 0 Å². The van der Waals surface area contributed by atoms with Crippen LogP contribution < -0.4 is 10.0 Å². The molecule has 0 aliphatic carbocycles. The number of nitrogens with one attached hydrogen (secondary N) is 2. The molecular formula is C19H27N3O2S. The van der Waals surface area contributed by atoms with E-state index in [2.05, 4.69) is 21.9 Å². The van der Waals surface area contributed by atoms with Crippen molar-refractivity contribution in [2.45, 2.75) is 51.9 Å². The first-order valence-electron chi connectivity index (χ1n) is 8.64. The monoisotopic (exact) mass is 361 g/mol. The van der Waals surface area contributed by atoms with Gasteiger partial charge in [0.05, 0.1) is 16.8 Å². The van der Waals surface area contributed by atoms with Gasteiger partial charge in [-0.25, -0.2) is 13.4 Å². The van der Waals surface area contributed by atoms with E-state index in [-0.39, 0.29) is 0 Å². The summed E-state index contributed by atoms with van der Waals surface area (Å²) in [6, 6.07) is 7.27. The normalized spacial score (nSPS) is 11.4. The molecule has 25 heavy (non-hydrogen) atoms. The molecule has 1 aromatic heterocycles. The van der Waals surface area contributed by atoms with E-state index in [0.29, 0.717) is 10.6 Å². The van der Waals surface area contributed by atoms with Gasteiger partial charge in [0.25, 0.3) is 10.0 Å². The van der Waals surface area contributed by atoms with Gasteiger partial charge in [0.15, 0.2) is 0 Å². The molecule has 0 aliphatic heterocycles. The topological polar surface area (TPSA) is 71.1 Å². The number of sulfonamides is 1. The third-order valence-corrected chi connectivity index (χ3v) is 5.66. The Hall–Kier alpha value is -2.08. The average Bonchev–Trinajstić information content (AvgIpc) is 2.51. The lowest BCUT2D eigenvalue weighted by molar-refractivity contribution is 0.600. The van der Waals surface area contributed by atoms with E-state index in [0.717, 1.165) is 35.5 Å². The van der Waals surface area contributed by atoms with E-state index in [9.17, 15) is 8.42 Å². The molecule has 0 bridgehead atoms. The molecule has 5 nitrogen and oxygen atoms in total. The zero-order valence-electron chi connectivity index (χ0n) is 15.4. The maximum atomic E-state index is 12.7. The highest BCUT2D eigenvalue weighted by Gasteiger charge is 2.20. The lowest BCUT2D eigenvalue weighted by Crippen LogP contribution is -2.16. The van der Waals surface area contributed by atoms with Crippen molar-refractivity contribution in [2.75, 3.05) is 16.6 Å². The number of aromatic nitrogens is 1. The Labute approximate surface area is 150 Å². The first-order valence-corrected chi connectivity index (χ1v) is 10.1. The molecule has 6 heteroatoms. The van der Waals surface area contributed by atoms with E-state index in [1.165, 1.54) is 12.8 Å². The van der Waals surface area contributed by atoms with E-state index >= 15 is 0 Å². The predicted molar refractivity (Wildman–Crippen MR) is 104 cm³/mol. The Kier molecular flexibility index (Phi) is 6.42. The molecule has 0 saturated carbocycles. The van der Waals surface area contributed by atoms with Gasteiger partial charge in [-0.15, -0.1) is 0 Å². The lowest BCUT2D eigenvalue weighted by Gasteiger charge is -2.14. The lowest BCUT2D eigenvalue weighted by atomic mass is 10.1. The summed E-state index contributed by atoms with van der Waals surface area (Å²) < 4.78 is 28.1. The van der Waals surface area contributed by atoms with Crippen LogP contribution >= 0.6 is 0 Å². The van der Waals surface area contributed by atoms with Gasteiger partial charge in [-0.05, 0) is 50.5 Å². The van der Waals surface area contributed by atoms with Crippen molar-refractivity contribution < 1.29 is 8.42 Å². The van der Waals surface area contributed by atoms with Crippen LogP contribution in [0, 0.1) is 20.8 Å². The fourth-order valence-corrected chi connectivity index (χ4v) is 4.45. The van der Waals surface area contributed by atoms with E-state index < -0.39 is 10.0 Å². The molecule has 136 valence electrons. The van der Waals surface area contributed by atoms with Crippen molar-refractivity contribution in [2.24, 2.45) is 0 Å². The first-order chi connectivity index (χ1) is 11.8. The fraction of sp³-hybridized carbons (Fsp3) is 0.421. The minimum atomic E-state index is -3.64. The Morgan fingerprint density at radius 1 is 1.04 bits per heavy atom. The van der Waals surface area contributed by atoms with E-state index in [1.54, 1.807) is 18.3 Å². The Balaban J connectivity index is 2.11. The highest BCUT2D eigenvalue weighted by molar-refractivity contribution is 7.92. The van der Waals surface area contributed by atoms with Crippen LogP contribution in [0.2, 0.25) is 0 Å². The largest absolute Gasteiger partial charge is 0.370 e. The second-order valence-electron chi connectivity index (χ2n) is 6.40. The van der Waals surface area contributed by atoms with Gasteiger partial charge >= 0.3 is 0 Å². The van der Waals surface area contributed by atoms with E-state index in [1.807, 2.05) is 32.9 Å². The van der Waals surface area contributed by atoms with Gasteiger partial charge in [-0.3, -0.25) is 4.72 Å². The Morgan fingerprint density at radius 2 is 1.72 bits per heavy atom. The molecule has 0 saturated heterocycles. The minimum Gasteiger partial charge on any atom is -0.370 e. The summed E-state index contributed by atoms with van der Waals surface area (Å²) in [6.45, 7) is 8.62. The third-order valence-electron chi connectivity index (χ3n) is 3.98. The molecule has 1 heterocycles. The first kappa shape index (κ1) is 19.2. The molecule has 2 N–H and O–H groups in total. The standard InChI is InChI=1S/C19H27N3O2S/c1-5-6-7-10-20-18-9-8-17(13-21-18)22-25(23,24)19-15(3)11-14(2)12-16(19)4/h8-9,11-13,22H,5-7,10H2,1-4H3,(H,20,21). The molecular weight excluding hydrogens is 334 g/mol. The number of hydrogen-bond acceptors (Lipinski definition) is 4. The second-order valence-corrected chi connectivity index (χ2v) is 8.02. The summed E-state index contributed by atoms with van der Waals surface area (Å²) in [7, 11) is -3.64. The summed E-state index contributed by atoms with van der Waals surface area (Å²) in [5.41, 5.74) is 2.99. The zero-order valence-corrected chi connectivity index (χ0v) is 16.2. The highest BCUT2D eigenvalue weighted by Crippen LogP contribution is 2.24. The van der Waals surface area contributed by atoms with Gasteiger partial charge in [0, 0.05) is 6.54 Å². The molecule has 0 aliphatic rings. The Morgan fingerprint density at radius 3 is 2.28 bits per heavy atom. The van der Waals surface area contributed by atoms with Crippen molar-refractivity contribution in [1.29, 1.82) is 0 Å². The number of anilines is 2. The quantitative estimate of drug-likeness (QED) is 0.683. The molecule has 0 fully saturated rings. The maximum Gasteiger partial charge on any atom is 0.262 e. The number of nitrogens with zero attached hydrogens (tertiary/aromatic N) is 1. The Bertz CT molecular complexity index is 792. The molecule has 0 spiro atoms. The summed E-state index contributed by atoms with van der Waals surface area (Å²) >= 11 is 0. The highest BCUT2D eigenvalue weighted by atomic mass is 32.2. The summed E-state index contributed by atoms with van der Waals surface area (Å²) in [5.74, 6) is 0.752. The molecule has 1 aromatic carbocycles. The van der Waals surface area contributed by atoms with Crippen molar-refractivity contribution in [3.63, 3.8) is 0 Å². The van der Waals surface area contributed by atoms with Crippen molar-refractivity contribution in [3.05, 3.63) is 47.2 Å². The molecule has 2 rings (SSSR count). The van der Waals surface area contributed by atoms with Gasteiger partial charge in [0.2, 0.25) is 0 Å². The summed E-state index contributed by atoms with van der Waals surface area (Å²) in [4.78, 5) is 4.61. The molecule has 2 aromatic rings. The number of aryl methyl sites for hydroxylation is 3. The SMILES string of the molecule is CCCCCNc1ccc(NS(=O)(=O)c2c(C)cc(C)cc2C)cn1. The van der Waals surface area contributed by atoms with Crippen molar-refractivity contribution in [3.8, 4) is 0 Å². The molecule has 0 radical (unpaired) electrons. The van der Waals surface area contributed by atoms with Crippen molar-refractivity contribution in [1.82, 2.24) is 4.98 Å². The number of benzene rings is 1. The fourth-order valence-electron chi connectivity index (χ4n) is 2.95. The number of hydrogen-bond donors (Lipinski definition) is 2. The van der Waals surface area contributed by atoms with Crippen LogP contribution in [0.1, 0.15) is 42.9 Å². The number of pyridine rings is 1. The maximum absolute atomic E-state index is 12.7. The molecule has 0 atom stereocenters.